The van der Waals surface area contributed by atoms with Gasteiger partial charge in [-0.3, -0.25) is 4.99 Å². The predicted octanol–water partition coefficient (Wildman–Crippen LogP) is 5.91. The van der Waals surface area contributed by atoms with E-state index in [4.69, 9.17) is 23.9 Å². The van der Waals surface area contributed by atoms with Crippen LogP contribution in [0.2, 0.25) is 0 Å². The van der Waals surface area contributed by atoms with E-state index in [-0.39, 0.29) is 6.10 Å². The van der Waals surface area contributed by atoms with Crippen LogP contribution in [0, 0.1) is 0 Å². The van der Waals surface area contributed by atoms with Crippen LogP contribution in [0.25, 0.3) is 0 Å². The highest BCUT2D eigenvalue weighted by Crippen LogP contribution is 2.45. The Bertz CT molecular complexity index is 1010. The van der Waals surface area contributed by atoms with Gasteiger partial charge in [0.15, 0.2) is 23.0 Å². The lowest BCUT2D eigenvalue weighted by atomic mass is 9.75. The van der Waals surface area contributed by atoms with E-state index < -0.39 is 0 Å². The van der Waals surface area contributed by atoms with Crippen molar-refractivity contribution in [3.63, 3.8) is 0 Å². The number of hydrogen-bond donors (Lipinski definition) is 0. The monoisotopic (exact) mass is 435 g/mol. The number of ether oxygens (including phenoxy) is 4. The van der Waals surface area contributed by atoms with Crippen LogP contribution in [0.3, 0.4) is 0 Å². The Hall–Kier alpha value is -2.69. The zero-order valence-corrected chi connectivity index (χ0v) is 19.4. The Morgan fingerprint density at radius 2 is 1.41 bits per heavy atom. The average molecular weight is 436 g/mol. The normalized spacial score (nSPS) is 22.5. The summed E-state index contributed by atoms with van der Waals surface area (Å²) in [6.45, 7) is 0. The highest BCUT2D eigenvalue weighted by molar-refractivity contribution is 6.15. The zero-order valence-electron chi connectivity index (χ0n) is 19.4. The SMILES string of the molecule is COc1cc2c(cc1OC)[C@@H]1CCCC[C@@H]1N=C2c1ccc(OC)c(OC2CCCC2)c1. The van der Waals surface area contributed by atoms with Crippen molar-refractivity contribution < 1.29 is 18.9 Å². The summed E-state index contributed by atoms with van der Waals surface area (Å²) in [6, 6.07) is 10.8. The zero-order chi connectivity index (χ0) is 22.1. The van der Waals surface area contributed by atoms with E-state index in [1.807, 2.05) is 6.07 Å². The van der Waals surface area contributed by atoms with E-state index in [1.165, 1.54) is 37.7 Å². The minimum atomic E-state index is 0.270. The van der Waals surface area contributed by atoms with Gasteiger partial charge in [0.2, 0.25) is 0 Å². The van der Waals surface area contributed by atoms with Crippen LogP contribution >= 0.6 is 0 Å². The lowest BCUT2D eigenvalue weighted by Crippen LogP contribution is -2.29. The third-order valence-electron chi connectivity index (χ3n) is 7.27. The summed E-state index contributed by atoms with van der Waals surface area (Å²) in [6.07, 6.45) is 9.74. The second-order valence-corrected chi connectivity index (χ2v) is 9.12. The molecular weight excluding hydrogens is 402 g/mol. The first kappa shape index (κ1) is 21.2. The summed E-state index contributed by atoms with van der Waals surface area (Å²) in [7, 11) is 5.10. The van der Waals surface area contributed by atoms with Crippen molar-refractivity contribution in [1.29, 1.82) is 0 Å². The molecule has 2 saturated carbocycles. The van der Waals surface area contributed by atoms with Gasteiger partial charge < -0.3 is 18.9 Å². The molecule has 0 spiro atoms. The Labute approximate surface area is 190 Å². The number of methoxy groups -OCH3 is 3. The number of fused-ring (bicyclic) bond motifs is 3. The molecule has 5 heteroatoms. The molecule has 32 heavy (non-hydrogen) atoms. The molecule has 2 aromatic rings. The molecule has 0 aromatic heterocycles. The molecule has 0 amide bonds. The van der Waals surface area contributed by atoms with Crippen molar-refractivity contribution in [3.8, 4) is 23.0 Å². The maximum Gasteiger partial charge on any atom is 0.162 e. The van der Waals surface area contributed by atoms with Gasteiger partial charge >= 0.3 is 0 Å². The quantitative estimate of drug-likeness (QED) is 0.566. The van der Waals surface area contributed by atoms with Crippen LogP contribution in [-0.2, 0) is 0 Å². The summed E-state index contributed by atoms with van der Waals surface area (Å²) < 4.78 is 23.3. The Balaban J connectivity index is 1.60. The fraction of sp³-hybridized carbons (Fsp3) is 0.519. The van der Waals surface area contributed by atoms with Crippen LogP contribution < -0.4 is 18.9 Å². The van der Waals surface area contributed by atoms with Crippen molar-refractivity contribution in [2.24, 2.45) is 4.99 Å². The van der Waals surface area contributed by atoms with Crippen LogP contribution in [0.15, 0.2) is 35.3 Å². The van der Waals surface area contributed by atoms with E-state index in [0.717, 1.165) is 59.1 Å². The molecule has 0 N–H and O–H groups in total. The van der Waals surface area contributed by atoms with E-state index in [0.29, 0.717) is 12.0 Å². The second-order valence-electron chi connectivity index (χ2n) is 9.12. The van der Waals surface area contributed by atoms with Crippen molar-refractivity contribution >= 4 is 5.71 Å². The van der Waals surface area contributed by atoms with Crippen molar-refractivity contribution in [3.05, 3.63) is 47.0 Å². The van der Waals surface area contributed by atoms with Crippen LogP contribution in [0.1, 0.15) is 74.0 Å². The van der Waals surface area contributed by atoms with Gasteiger partial charge in [-0.25, -0.2) is 0 Å². The first-order valence-electron chi connectivity index (χ1n) is 11.9. The molecule has 1 heterocycles. The summed E-state index contributed by atoms with van der Waals surface area (Å²) in [5.41, 5.74) is 4.55. The smallest absolute Gasteiger partial charge is 0.162 e. The molecule has 0 radical (unpaired) electrons. The summed E-state index contributed by atoms with van der Waals surface area (Å²) in [5, 5.41) is 0. The van der Waals surface area contributed by atoms with Gasteiger partial charge in [-0.2, -0.15) is 0 Å². The Morgan fingerprint density at radius 3 is 2.16 bits per heavy atom. The van der Waals surface area contributed by atoms with Gasteiger partial charge in [-0.15, -0.1) is 0 Å². The molecule has 5 rings (SSSR count). The minimum Gasteiger partial charge on any atom is -0.493 e. The summed E-state index contributed by atoms with van der Waals surface area (Å²) in [4.78, 5) is 5.30. The standard InChI is InChI=1S/C27H33NO4/c1-29-23-13-12-17(14-26(23)32-18-8-4-5-9-18)27-21-16-25(31-3)24(30-2)15-20(21)19-10-6-7-11-22(19)28-27/h12-16,18-19,22H,4-11H2,1-3H3/t19-,22-/m0/s1. The van der Waals surface area contributed by atoms with Crippen LogP contribution in [0.5, 0.6) is 23.0 Å². The molecule has 0 bridgehead atoms. The van der Waals surface area contributed by atoms with Gasteiger partial charge in [0.1, 0.15) is 0 Å². The largest absolute Gasteiger partial charge is 0.493 e. The Morgan fingerprint density at radius 1 is 0.719 bits per heavy atom. The molecule has 5 nitrogen and oxygen atoms in total. The van der Waals surface area contributed by atoms with E-state index >= 15 is 0 Å². The van der Waals surface area contributed by atoms with Crippen LogP contribution in [0.4, 0.5) is 0 Å². The molecule has 2 atom stereocenters. The fourth-order valence-electron chi connectivity index (χ4n) is 5.60. The molecule has 2 aliphatic carbocycles. The lowest BCUT2D eigenvalue weighted by Gasteiger charge is -2.36. The van der Waals surface area contributed by atoms with E-state index in [2.05, 4.69) is 24.3 Å². The van der Waals surface area contributed by atoms with Gasteiger partial charge in [0.05, 0.1) is 39.2 Å². The molecule has 1 aliphatic heterocycles. The predicted molar refractivity (Wildman–Crippen MR) is 126 cm³/mol. The third kappa shape index (κ3) is 3.82. The summed E-state index contributed by atoms with van der Waals surface area (Å²) in [5.74, 6) is 3.56. The first-order chi connectivity index (χ1) is 15.7. The highest BCUT2D eigenvalue weighted by Gasteiger charge is 2.35. The van der Waals surface area contributed by atoms with E-state index in [9.17, 15) is 0 Å². The van der Waals surface area contributed by atoms with Gasteiger partial charge in [0.25, 0.3) is 0 Å². The maximum absolute atomic E-state index is 6.38. The molecule has 3 aliphatic rings. The third-order valence-corrected chi connectivity index (χ3v) is 7.27. The van der Waals surface area contributed by atoms with Crippen molar-refractivity contribution in [2.75, 3.05) is 21.3 Å². The molecule has 2 fully saturated rings. The molecule has 2 aromatic carbocycles. The van der Waals surface area contributed by atoms with E-state index in [1.54, 1.807) is 21.3 Å². The maximum atomic E-state index is 6.38. The second kappa shape index (κ2) is 9.05. The lowest BCUT2D eigenvalue weighted by molar-refractivity contribution is 0.201. The van der Waals surface area contributed by atoms with Crippen LogP contribution in [-0.4, -0.2) is 39.2 Å². The number of rotatable bonds is 6. The summed E-state index contributed by atoms with van der Waals surface area (Å²) >= 11 is 0. The number of benzene rings is 2. The van der Waals surface area contributed by atoms with Gasteiger partial charge in [0, 0.05) is 17.0 Å². The highest BCUT2D eigenvalue weighted by atomic mass is 16.5. The Kier molecular flexibility index (Phi) is 5.99. The molecule has 0 saturated heterocycles. The van der Waals surface area contributed by atoms with Gasteiger partial charge in [-0.05, 0) is 74.4 Å². The molecular formula is C27H33NO4. The van der Waals surface area contributed by atoms with Crippen molar-refractivity contribution in [1.82, 2.24) is 0 Å². The number of nitrogens with zero attached hydrogens (tertiary/aromatic N) is 1. The van der Waals surface area contributed by atoms with Gasteiger partial charge in [-0.1, -0.05) is 12.8 Å². The number of aliphatic imine (C=N–C) groups is 1. The first-order valence-corrected chi connectivity index (χ1v) is 11.9. The van der Waals surface area contributed by atoms with Crippen molar-refractivity contribution in [2.45, 2.75) is 69.4 Å². The number of hydrogen-bond acceptors (Lipinski definition) is 5. The average Bonchev–Trinajstić information content (AvgIpc) is 3.35. The minimum absolute atomic E-state index is 0.270. The molecule has 170 valence electrons. The molecule has 0 unspecified atom stereocenters. The topological polar surface area (TPSA) is 49.3 Å². The fourth-order valence-corrected chi connectivity index (χ4v) is 5.60.